The summed E-state index contributed by atoms with van der Waals surface area (Å²) in [5.74, 6) is -0.970. The van der Waals surface area contributed by atoms with E-state index < -0.39 is 23.9 Å². The molecule has 128 valence electrons. The topological polar surface area (TPSA) is 139 Å². The summed E-state index contributed by atoms with van der Waals surface area (Å²) in [6, 6.07) is 3.46. The minimum atomic E-state index is -0.762. The molecule has 0 saturated heterocycles. The lowest BCUT2D eigenvalue weighted by molar-refractivity contribution is -0.118. The van der Waals surface area contributed by atoms with E-state index in [4.69, 9.17) is 5.73 Å². The average Bonchev–Trinajstić information content (AvgIpc) is 2.96. The zero-order valence-electron chi connectivity index (χ0n) is 13.4. The zero-order valence-corrected chi connectivity index (χ0v) is 13.4. The molecule has 0 unspecified atom stereocenters. The third-order valence-corrected chi connectivity index (χ3v) is 3.42. The van der Waals surface area contributed by atoms with Crippen LogP contribution in [0.4, 0.5) is 10.5 Å². The molecule has 0 spiro atoms. The Bertz CT molecular complexity index is 770. The van der Waals surface area contributed by atoms with Crippen molar-refractivity contribution in [2.45, 2.75) is 25.8 Å². The maximum atomic E-state index is 12.3. The summed E-state index contributed by atoms with van der Waals surface area (Å²) in [5, 5.41) is 12.2. The van der Waals surface area contributed by atoms with Crippen LogP contribution in [0.3, 0.4) is 0 Å². The molecule has 5 N–H and O–H groups in total. The van der Waals surface area contributed by atoms with Crippen molar-refractivity contribution < 1.29 is 19.1 Å². The van der Waals surface area contributed by atoms with Crippen molar-refractivity contribution >= 4 is 34.5 Å². The molecule has 0 aliphatic carbocycles. The molecular formula is C15H19N5O4. The second kappa shape index (κ2) is 7.44. The first-order valence-electron chi connectivity index (χ1n) is 7.39. The highest BCUT2D eigenvalue weighted by atomic mass is 16.5. The number of primary amides is 1. The van der Waals surface area contributed by atoms with Gasteiger partial charge in [-0.05, 0) is 24.6 Å². The Kier molecular flexibility index (Phi) is 5.35. The molecule has 1 atom stereocenters. The molecule has 0 aliphatic rings. The molecule has 2 aromatic rings. The fourth-order valence-corrected chi connectivity index (χ4v) is 2.30. The average molecular weight is 333 g/mol. The molecule has 9 nitrogen and oxygen atoms in total. The molecule has 0 aliphatic heterocycles. The van der Waals surface area contributed by atoms with E-state index in [1.54, 1.807) is 18.2 Å². The summed E-state index contributed by atoms with van der Waals surface area (Å²) in [6.07, 6.45) is 1.15. The maximum absolute atomic E-state index is 12.3. The molecule has 0 bridgehead atoms. The highest BCUT2D eigenvalue weighted by molar-refractivity contribution is 6.04. The van der Waals surface area contributed by atoms with E-state index in [9.17, 15) is 14.4 Å². The van der Waals surface area contributed by atoms with Crippen LogP contribution in [0.2, 0.25) is 0 Å². The monoisotopic (exact) mass is 333 g/mol. The van der Waals surface area contributed by atoms with Crippen LogP contribution < -0.4 is 16.4 Å². The van der Waals surface area contributed by atoms with Gasteiger partial charge in [-0.15, -0.1) is 0 Å². The SMILES string of the molecule is CCC[C@@H](NC(N)=O)C(=O)Nc1ccc2[nH]nc(C(=O)OC)c2c1. The Morgan fingerprint density at radius 1 is 1.38 bits per heavy atom. The fourth-order valence-electron chi connectivity index (χ4n) is 2.30. The van der Waals surface area contributed by atoms with Gasteiger partial charge in [0.2, 0.25) is 5.91 Å². The number of carbonyl (C=O) groups is 3. The number of hydrogen-bond acceptors (Lipinski definition) is 5. The van der Waals surface area contributed by atoms with E-state index in [0.717, 1.165) is 0 Å². The van der Waals surface area contributed by atoms with Crippen LogP contribution in [0.15, 0.2) is 18.2 Å². The predicted molar refractivity (Wildman–Crippen MR) is 87.5 cm³/mol. The van der Waals surface area contributed by atoms with E-state index >= 15 is 0 Å². The summed E-state index contributed by atoms with van der Waals surface area (Å²) >= 11 is 0. The van der Waals surface area contributed by atoms with Crippen molar-refractivity contribution in [1.29, 1.82) is 0 Å². The lowest BCUT2D eigenvalue weighted by Crippen LogP contribution is -2.46. The molecule has 1 heterocycles. The largest absolute Gasteiger partial charge is 0.464 e. The third-order valence-electron chi connectivity index (χ3n) is 3.42. The van der Waals surface area contributed by atoms with Crippen LogP contribution in [0, 0.1) is 0 Å². The standard InChI is InChI=1S/C15H19N5O4/c1-3-4-11(18-15(16)23)13(21)17-8-5-6-10-9(7-8)12(20-19-10)14(22)24-2/h5-7,11H,3-4H2,1-2H3,(H,17,21)(H,19,20)(H3,16,18,23)/t11-/m1/s1. The highest BCUT2D eigenvalue weighted by Gasteiger charge is 2.20. The second-order valence-corrected chi connectivity index (χ2v) is 5.16. The van der Waals surface area contributed by atoms with Gasteiger partial charge >= 0.3 is 12.0 Å². The number of anilines is 1. The van der Waals surface area contributed by atoms with Gasteiger partial charge < -0.3 is 21.1 Å². The van der Waals surface area contributed by atoms with Crippen molar-refractivity contribution in [2.24, 2.45) is 5.73 Å². The number of amides is 3. The summed E-state index contributed by atoms with van der Waals surface area (Å²) in [6.45, 7) is 1.89. The Morgan fingerprint density at radius 3 is 2.75 bits per heavy atom. The van der Waals surface area contributed by atoms with Crippen molar-refractivity contribution in [3.05, 3.63) is 23.9 Å². The van der Waals surface area contributed by atoms with Crippen molar-refractivity contribution in [1.82, 2.24) is 15.5 Å². The number of nitrogens with one attached hydrogen (secondary N) is 3. The number of esters is 1. The number of carbonyl (C=O) groups excluding carboxylic acids is 3. The summed E-state index contributed by atoms with van der Waals surface area (Å²) in [7, 11) is 1.26. The van der Waals surface area contributed by atoms with Gasteiger partial charge in [0.15, 0.2) is 5.69 Å². The van der Waals surface area contributed by atoms with Gasteiger partial charge in [-0.3, -0.25) is 9.89 Å². The number of benzene rings is 1. The first kappa shape index (κ1) is 17.3. The van der Waals surface area contributed by atoms with Crippen LogP contribution in [-0.4, -0.2) is 41.3 Å². The molecule has 3 amide bonds. The first-order valence-corrected chi connectivity index (χ1v) is 7.39. The summed E-state index contributed by atoms with van der Waals surface area (Å²) < 4.78 is 4.67. The van der Waals surface area contributed by atoms with Crippen molar-refractivity contribution in [3.8, 4) is 0 Å². The number of fused-ring (bicyclic) bond motifs is 1. The minimum Gasteiger partial charge on any atom is -0.464 e. The Hall–Kier alpha value is -3.10. The molecule has 24 heavy (non-hydrogen) atoms. The normalized spacial score (nSPS) is 11.8. The molecular weight excluding hydrogens is 314 g/mol. The number of ether oxygens (including phenoxy) is 1. The van der Waals surface area contributed by atoms with E-state index in [-0.39, 0.29) is 5.69 Å². The molecule has 1 aromatic carbocycles. The smallest absolute Gasteiger partial charge is 0.359 e. The van der Waals surface area contributed by atoms with Gasteiger partial charge in [-0.1, -0.05) is 13.3 Å². The van der Waals surface area contributed by atoms with Crippen LogP contribution in [0.1, 0.15) is 30.3 Å². The summed E-state index contributed by atoms with van der Waals surface area (Å²) in [5.41, 5.74) is 6.32. The number of methoxy groups -OCH3 is 1. The quantitative estimate of drug-likeness (QED) is 0.587. The fraction of sp³-hybridized carbons (Fsp3) is 0.333. The third kappa shape index (κ3) is 3.80. The van der Waals surface area contributed by atoms with Gasteiger partial charge in [0.25, 0.3) is 0 Å². The number of hydrogen-bond donors (Lipinski definition) is 4. The maximum Gasteiger partial charge on any atom is 0.359 e. The number of rotatable bonds is 6. The number of urea groups is 1. The van der Waals surface area contributed by atoms with E-state index in [1.807, 2.05) is 6.92 Å². The number of nitrogens with zero attached hydrogens (tertiary/aromatic N) is 1. The molecule has 0 radical (unpaired) electrons. The van der Waals surface area contributed by atoms with E-state index in [0.29, 0.717) is 29.4 Å². The lowest BCUT2D eigenvalue weighted by Gasteiger charge is -2.16. The van der Waals surface area contributed by atoms with Gasteiger partial charge in [-0.25, -0.2) is 9.59 Å². The van der Waals surface area contributed by atoms with E-state index in [1.165, 1.54) is 7.11 Å². The highest BCUT2D eigenvalue weighted by Crippen LogP contribution is 2.21. The minimum absolute atomic E-state index is 0.129. The van der Waals surface area contributed by atoms with Crippen molar-refractivity contribution in [2.75, 3.05) is 12.4 Å². The van der Waals surface area contributed by atoms with Gasteiger partial charge in [0.1, 0.15) is 6.04 Å². The molecule has 9 heteroatoms. The zero-order chi connectivity index (χ0) is 17.7. The van der Waals surface area contributed by atoms with Crippen LogP contribution in [0.5, 0.6) is 0 Å². The van der Waals surface area contributed by atoms with Crippen LogP contribution >= 0.6 is 0 Å². The second-order valence-electron chi connectivity index (χ2n) is 5.16. The molecule has 2 rings (SSSR count). The predicted octanol–water partition coefficient (Wildman–Crippen LogP) is 1.12. The number of H-pyrrole nitrogens is 1. The first-order chi connectivity index (χ1) is 11.5. The number of aromatic nitrogens is 2. The Labute approximate surface area is 137 Å². The Morgan fingerprint density at radius 2 is 2.12 bits per heavy atom. The number of nitrogens with two attached hydrogens (primary N) is 1. The van der Waals surface area contributed by atoms with Gasteiger partial charge in [0.05, 0.1) is 12.6 Å². The Balaban J connectivity index is 2.23. The lowest BCUT2D eigenvalue weighted by atomic mass is 10.1. The van der Waals surface area contributed by atoms with Crippen LogP contribution in [0.25, 0.3) is 10.9 Å². The van der Waals surface area contributed by atoms with E-state index in [2.05, 4.69) is 25.6 Å². The molecule has 1 aromatic heterocycles. The van der Waals surface area contributed by atoms with Crippen LogP contribution in [-0.2, 0) is 9.53 Å². The van der Waals surface area contributed by atoms with Gasteiger partial charge in [0, 0.05) is 11.1 Å². The molecule has 0 fully saturated rings. The summed E-state index contributed by atoms with van der Waals surface area (Å²) in [4.78, 5) is 35.0. The van der Waals surface area contributed by atoms with Gasteiger partial charge in [-0.2, -0.15) is 5.10 Å². The van der Waals surface area contributed by atoms with Crippen molar-refractivity contribution in [3.63, 3.8) is 0 Å². The number of aromatic amines is 1. The molecule has 0 saturated carbocycles.